The van der Waals surface area contributed by atoms with Crippen LogP contribution < -0.4 is 10.5 Å². The fourth-order valence-electron chi connectivity index (χ4n) is 3.34. The molecule has 1 aliphatic heterocycles. The summed E-state index contributed by atoms with van der Waals surface area (Å²) in [6.45, 7) is 1.03. The van der Waals surface area contributed by atoms with Gasteiger partial charge in [-0.25, -0.2) is 9.07 Å². The highest BCUT2D eigenvalue weighted by atomic mass is 79.9. The molecule has 1 aliphatic rings. The fraction of sp³-hybridized carbons (Fsp3) is 0.350. The van der Waals surface area contributed by atoms with Gasteiger partial charge in [-0.15, -0.1) is 0 Å². The zero-order chi connectivity index (χ0) is 18.8. The lowest BCUT2D eigenvalue weighted by atomic mass is 10.1. The molecule has 1 unspecified atom stereocenters. The number of hydrogen-bond donors (Lipinski definition) is 1. The Hall–Kier alpha value is -1.96. The van der Waals surface area contributed by atoms with Crippen molar-refractivity contribution in [2.75, 3.05) is 13.2 Å². The highest BCUT2D eigenvalue weighted by Gasteiger charge is 2.21. The van der Waals surface area contributed by atoms with Crippen LogP contribution in [0.5, 0.6) is 5.75 Å². The molecular weight excluding hydrogens is 413 g/mol. The standard InChI is InChI=1S/C20H21BrFN3O2/c21-16-8-9-18-15(11-24-25(18)19-3-1-2-10-26-19)20(16)27-12-17(23)13-4-6-14(22)7-5-13/h4-9,11,17,19H,1-3,10,12,23H2/t17-,19?/m0/s1. The van der Waals surface area contributed by atoms with Crippen LogP contribution in [0.25, 0.3) is 10.9 Å². The van der Waals surface area contributed by atoms with Gasteiger partial charge in [-0.2, -0.15) is 5.10 Å². The molecule has 27 heavy (non-hydrogen) atoms. The van der Waals surface area contributed by atoms with E-state index in [4.69, 9.17) is 15.2 Å². The summed E-state index contributed by atoms with van der Waals surface area (Å²) >= 11 is 3.55. The Morgan fingerprint density at radius 1 is 1.26 bits per heavy atom. The second kappa shape index (κ2) is 7.96. The molecule has 1 saturated heterocycles. The molecule has 2 N–H and O–H groups in total. The molecular formula is C20H21BrFN3O2. The zero-order valence-electron chi connectivity index (χ0n) is 14.8. The number of hydrogen-bond acceptors (Lipinski definition) is 4. The first kappa shape index (κ1) is 18.4. The molecule has 0 radical (unpaired) electrons. The Morgan fingerprint density at radius 3 is 2.81 bits per heavy atom. The van der Waals surface area contributed by atoms with Crippen LogP contribution in [-0.4, -0.2) is 23.0 Å². The number of benzene rings is 2. The third-order valence-corrected chi connectivity index (χ3v) is 5.44. The largest absolute Gasteiger partial charge is 0.490 e. The highest BCUT2D eigenvalue weighted by Crippen LogP contribution is 2.36. The van der Waals surface area contributed by atoms with Crippen molar-refractivity contribution in [1.29, 1.82) is 0 Å². The smallest absolute Gasteiger partial charge is 0.150 e. The average Bonchev–Trinajstić information content (AvgIpc) is 3.12. The van der Waals surface area contributed by atoms with Gasteiger partial charge >= 0.3 is 0 Å². The summed E-state index contributed by atoms with van der Waals surface area (Å²) < 4.78 is 27.7. The number of aromatic nitrogens is 2. The van der Waals surface area contributed by atoms with E-state index in [0.717, 1.165) is 46.8 Å². The molecule has 5 nitrogen and oxygen atoms in total. The second-order valence-electron chi connectivity index (χ2n) is 6.69. The number of ether oxygens (including phenoxy) is 2. The van der Waals surface area contributed by atoms with Crippen molar-refractivity contribution in [3.63, 3.8) is 0 Å². The van der Waals surface area contributed by atoms with Gasteiger partial charge in [0.25, 0.3) is 0 Å². The fourth-order valence-corrected chi connectivity index (χ4v) is 3.80. The molecule has 7 heteroatoms. The molecule has 2 atom stereocenters. The molecule has 4 rings (SSSR count). The summed E-state index contributed by atoms with van der Waals surface area (Å²) in [5.41, 5.74) is 8.00. The van der Waals surface area contributed by atoms with E-state index in [1.807, 2.05) is 16.8 Å². The molecule has 0 aliphatic carbocycles. The SMILES string of the molecule is N[C@@H](COc1c(Br)ccc2c1cnn2C1CCCCO1)c1ccc(F)cc1. The Balaban J connectivity index is 1.56. The minimum Gasteiger partial charge on any atom is -0.490 e. The molecule has 0 bridgehead atoms. The Kier molecular flexibility index (Phi) is 5.43. The van der Waals surface area contributed by atoms with Gasteiger partial charge in [0, 0.05) is 6.61 Å². The van der Waals surface area contributed by atoms with E-state index >= 15 is 0 Å². The van der Waals surface area contributed by atoms with Gasteiger partial charge in [0.1, 0.15) is 18.2 Å². The molecule has 0 spiro atoms. The van der Waals surface area contributed by atoms with Crippen LogP contribution >= 0.6 is 15.9 Å². The van der Waals surface area contributed by atoms with E-state index in [0.29, 0.717) is 5.75 Å². The molecule has 2 heterocycles. The van der Waals surface area contributed by atoms with Crippen LogP contribution in [0.15, 0.2) is 47.1 Å². The van der Waals surface area contributed by atoms with E-state index in [2.05, 4.69) is 21.0 Å². The maximum atomic E-state index is 13.1. The predicted molar refractivity (Wildman–Crippen MR) is 105 cm³/mol. The molecule has 0 amide bonds. The molecule has 3 aromatic rings. The third-order valence-electron chi connectivity index (χ3n) is 4.82. The highest BCUT2D eigenvalue weighted by molar-refractivity contribution is 9.10. The van der Waals surface area contributed by atoms with Crippen molar-refractivity contribution in [3.05, 3.63) is 58.4 Å². The molecule has 0 saturated carbocycles. The maximum Gasteiger partial charge on any atom is 0.150 e. The summed E-state index contributed by atoms with van der Waals surface area (Å²) in [4.78, 5) is 0. The van der Waals surface area contributed by atoms with Gasteiger partial charge in [0.05, 0.1) is 27.6 Å². The number of nitrogens with two attached hydrogens (primary N) is 1. The second-order valence-corrected chi connectivity index (χ2v) is 7.54. The van der Waals surface area contributed by atoms with Gasteiger partial charge in [-0.05, 0) is 65.0 Å². The third kappa shape index (κ3) is 3.85. The first-order valence-electron chi connectivity index (χ1n) is 9.04. The summed E-state index contributed by atoms with van der Waals surface area (Å²) in [5.74, 6) is 0.420. The van der Waals surface area contributed by atoms with E-state index in [9.17, 15) is 4.39 Å². The van der Waals surface area contributed by atoms with Crippen LogP contribution in [0.1, 0.15) is 37.1 Å². The number of halogens is 2. The topological polar surface area (TPSA) is 62.3 Å². The molecule has 2 aromatic carbocycles. The van der Waals surface area contributed by atoms with Crippen molar-refractivity contribution >= 4 is 26.8 Å². The lowest BCUT2D eigenvalue weighted by Gasteiger charge is -2.23. The number of nitrogens with zero attached hydrogens (tertiary/aromatic N) is 2. The summed E-state index contributed by atoms with van der Waals surface area (Å²) in [6, 6.07) is 9.76. The first-order chi connectivity index (χ1) is 13.1. The Morgan fingerprint density at radius 2 is 2.07 bits per heavy atom. The van der Waals surface area contributed by atoms with Crippen LogP contribution in [0.2, 0.25) is 0 Å². The van der Waals surface area contributed by atoms with Crippen molar-refractivity contribution in [2.24, 2.45) is 5.73 Å². The molecule has 1 aromatic heterocycles. The van der Waals surface area contributed by atoms with Gasteiger partial charge in [0.2, 0.25) is 0 Å². The van der Waals surface area contributed by atoms with Crippen molar-refractivity contribution in [1.82, 2.24) is 9.78 Å². The number of rotatable bonds is 5. The van der Waals surface area contributed by atoms with Gasteiger partial charge < -0.3 is 15.2 Å². The summed E-state index contributed by atoms with van der Waals surface area (Å²) in [5, 5.41) is 5.44. The van der Waals surface area contributed by atoms with Crippen LogP contribution in [0.4, 0.5) is 4.39 Å². The normalized spacial score (nSPS) is 18.6. The van der Waals surface area contributed by atoms with Gasteiger partial charge in [-0.3, -0.25) is 0 Å². The van der Waals surface area contributed by atoms with E-state index < -0.39 is 0 Å². The van der Waals surface area contributed by atoms with E-state index in [-0.39, 0.29) is 24.7 Å². The van der Waals surface area contributed by atoms with Crippen molar-refractivity contribution in [2.45, 2.75) is 31.5 Å². The predicted octanol–water partition coefficient (Wildman–Crippen LogP) is 4.72. The zero-order valence-corrected chi connectivity index (χ0v) is 16.4. The van der Waals surface area contributed by atoms with Gasteiger partial charge in [0.15, 0.2) is 6.23 Å². The summed E-state index contributed by atoms with van der Waals surface area (Å²) in [6.07, 6.45) is 4.96. The quantitative estimate of drug-likeness (QED) is 0.632. The average molecular weight is 434 g/mol. The molecule has 142 valence electrons. The Labute approximate surface area is 165 Å². The van der Waals surface area contributed by atoms with E-state index in [1.54, 1.807) is 18.3 Å². The maximum absolute atomic E-state index is 13.1. The van der Waals surface area contributed by atoms with Crippen LogP contribution in [0, 0.1) is 5.82 Å². The Bertz CT molecular complexity index is 923. The summed E-state index contributed by atoms with van der Waals surface area (Å²) in [7, 11) is 0. The van der Waals surface area contributed by atoms with Crippen LogP contribution in [-0.2, 0) is 4.74 Å². The molecule has 1 fully saturated rings. The minimum absolute atomic E-state index is 0.0354. The van der Waals surface area contributed by atoms with E-state index in [1.165, 1.54) is 12.1 Å². The lowest BCUT2D eigenvalue weighted by molar-refractivity contribution is -0.0366. The van der Waals surface area contributed by atoms with Crippen molar-refractivity contribution in [3.8, 4) is 5.75 Å². The monoisotopic (exact) mass is 433 g/mol. The lowest BCUT2D eigenvalue weighted by Crippen LogP contribution is -2.19. The number of fused-ring (bicyclic) bond motifs is 1. The van der Waals surface area contributed by atoms with Gasteiger partial charge in [-0.1, -0.05) is 12.1 Å². The first-order valence-corrected chi connectivity index (χ1v) is 9.84. The van der Waals surface area contributed by atoms with Crippen LogP contribution in [0.3, 0.4) is 0 Å². The minimum atomic E-state index is -0.357. The van der Waals surface area contributed by atoms with Crippen molar-refractivity contribution < 1.29 is 13.9 Å².